The first kappa shape index (κ1) is 12.1. The van der Waals surface area contributed by atoms with E-state index in [2.05, 4.69) is 0 Å². The predicted octanol–water partition coefficient (Wildman–Crippen LogP) is 0.124. The zero-order valence-corrected chi connectivity index (χ0v) is 5.99. The third kappa shape index (κ3) is 3.93. The van der Waals surface area contributed by atoms with E-state index in [-0.39, 0.29) is 22.4 Å². The Labute approximate surface area is 64.5 Å². The molecule has 0 amide bonds. The third-order valence-electron chi connectivity index (χ3n) is 0.292. The molecule has 0 aliphatic rings. The molecule has 0 saturated heterocycles. The Balaban J connectivity index is 0. The van der Waals surface area contributed by atoms with Gasteiger partial charge in [-0.1, -0.05) is 0 Å². The Bertz CT molecular complexity index is 168. The number of alkyl halides is 3. The summed E-state index contributed by atoms with van der Waals surface area (Å²) in [7, 11) is -5.84. The van der Waals surface area contributed by atoms with Crippen molar-refractivity contribution in [2.24, 2.45) is 0 Å². The van der Waals surface area contributed by atoms with Gasteiger partial charge in [-0.3, -0.25) is 4.55 Å². The van der Waals surface area contributed by atoms with Crippen molar-refractivity contribution in [3.8, 4) is 0 Å². The van der Waals surface area contributed by atoms with Crippen molar-refractivity contribution in [2.45, 2.75) is 5.51 Å². The maximum absolute atomic E-state index is 10.7. The topological polar surface area (TPSA) is 54.4 Å². The molecule has 3 nitrogen and oxygen atoms in total. The first-order chi connectivity index (χ1) is 3.25. The Morgan fingerprint density at radius 3 is 1.33 bits per heavy atom. The van der Waals surface area contributed by atoms with E-state index >= 15 is 0 Å². The van der Waals surface area contributed by atoms with Crippen LogP contribution in [0.3, 0.4) is 0 Å². The van der Waals surface area contributed by atoms with Gasteiger partial charge in [0.2, 0.25) is 0 Å². The van der Waals surface area contributed by atoms with Crippen molar-refractivity contribution < 1.29 is 48.5 Å². The summed E-state index contributed by atoms with van der Waals surface area (Å²) in [4.78, 5) is 0. The fraction of sp³-hybridized carbons (Fsp3) is 1.00. The van der Waals surface area contributed by atoms with Gasteiger partial charge in [0.1, 0.15) is 0 Å². The van der Waals surface area contributed by atoms with Crippen molar-refractivity contribution >= 4 is 10.1 Å². The normalized spacial score (nSPS) is 12.4. The van der Waals surface area contributed by atoms with Crippen LogP contribution in [0.1, 0.15) is 0 Å². The van der Waals surface area contributed by atoms with Crippen LogP contribution in [0.4, 0.5) is 13.2 Å². The van der Waals surface area contributed by atoms with Crippen LogP contribution < -0.4 is 0 Å². The number of halogens is 3. The van der Waals surface area contributed by atoms with E-state index in [1.807, 2.05) is 0 Å². The second-order valence-electron chi connectivity index (χ2n) is 0.921. The molecule has 0 spiro atoms. The molecule has 0 heterocycles. The van der Waals surface area contributed by atoms with Crippen molar-refractivity contribution in [3.63, 3.8) is 0 Å². The van der Waals surface area contributed by atoms with E-state index in [9.17, 15) is 13.2 Å². The summed E-state index contributed by atoms with van der Waals surface area (Å²) in [6.45, 7) is 0. The first-order valence-corrected chi connectivity index (χ1v) is 2.73. The number of hydrogen-bond acceptors (Lipinski definition) is 2. The maximum atomic E-state index is 10.7. The van der Waals surface area contributed by atoms with Crippen LogP contribution in [-0.2, 0) is 32.5 Å². The summed E-state index contributed by atoms with van der Waals surface area (Å²) < 4.78 is 57.5. The minimum atomic E-state index is -5.84. The Morgan fingerprint density at radius 2 is 1.33 bits per heavy atom. The number of hydrogen-bond donors (Lipinski definition) is 1. The summed E-state index contributed by atoms with van der Waals surface area (Å²) in [5.74, 6) is 0. The van der Waals surface area contributed by atoms with E-state index < -0.39 is 15.6 Å². The average Bonchev–Trinajstić information content (AvgIpc) is 1.25. The van der Waals surface area contributed by atoms with Crippen LogP contribution in [0.5, 0.6) is 0 Å². The average molecular weight is 259 g/mol. The van der Waals surface area contributed by atoms with E-state index in [4.69, 9.17) is 13.0 Å². The molecule has 0 aliphatic heterocycles. The fourth-order valence-corrected chi connectivity index (χ4v) is 0. The van der Waals surface area contributed by atoms with Gasteiger partial charge in [0.15, 0.2) is 0 Å². The van der Waals surface area contributed by atoms with Crippen molar-refractivity contribution in [1.29, 1.82) is 0 Å². The minimum absolute atomic E-state index is 0. The first-order valence-electron chi connectivity index (χ1n) is 1.29. The molecule has 0 aromatic heterocycles. The van der Waals surface area contributed by atoms with Crippen LogP contribution in [0, 0.1) is 0 Å². The standard InChI is InChI=1S/CHF3O3S.Ag.H/c2-1(3,4)8(5,6)7;;/h(H,5,6,7);;. The molecule has 1 radical (unpaired) electrons. The van der Waals surface area contributed by atoms with Gasteiger partial charge in [0.05, 0.1) is 0 Å². The molecule has 0 atom stereocenters. The molecule has 62 valence electrons. The molecule has 0 aromatic carbocycles. The molecular formula is CH2AgF3O3S. The van der Waals surface area contributed by atoms with Gasteiger partial charge in [-0.2, -0.15) is 21.6 Å². The van der Waals surface area contributed by atoms with Crippen LogP contribution in [0.25, 0.3) is 0 Å². The Hall–Kier alpha value is 0.440. The van der Waals surface area contributed by atoms with E-state index in [0.717, 1.165) is 0 Å². The summed E-state index contributed by atoms with van der Waals surface area (Å²) in [5.41, 5.74) is -5.53. The molecule has 1 N–H and O–H groups in total. The van der Waals surface area contributed by atoms with Gasteiger partial charge in [-0.05, 0) is 0 Å². The van der Waals surface area contributed by atoms with Gasteiger partial charge in [0, 0.05) is 0 Å². The zero-order valence-electron chi connectivity index (χ0n) is 3.62. The molecule has 0 aliphatic carbocycles. The van der Waals surface area contributed by atoms with Crippen LogP contribution in [-0.4, -0.2) is 18.5 Å². The van der Waals surface area contributed by atoms with Crippen LogP contribution in [0.15, 0.2) is 0 Å². The monoisotopic (exact) mass is 258 g/mol. The molecule has 0 aromatic rings. The SMILES string of the molecule is O=S(=O)(O)C(F)(F)F.[AgH]. The fourth-order valence-electron chi connectivity index (χ4n) is 0. The van der Waals surface area contributed by atoms with Crippen molar-refractivity contribution in [1.82, 2.24) is 0 Å². The quantitative estimate of drug-likeness (QED) is 0.382. The second kappa shape index (κ2) is 3.02. The third-order valence-corrected chi connectivity index (χ3v) is 0.877. The predicted molar refractivity (Wildman–Crippen MR) is 19.0 cm³/mol. The van der Waals surface area contributed by atoms with Crippen LogP contribution >= 0.6 is 0 Å². The summed E-state index contributed by atoms with van der Waals surface area (Å²) in [6, 6.07) is 0. The zero-order chi connectivity index (χ0) is 7.00. The molecule has 0 rings (SSSR count). The molecule has 0 fully saturated rings. The van der Waals surface area contributed by atoms with E-state index in [0.29, 0.717) is 0 Å². The van der Waals surface area contributed by atoms with Gasteiger partial charge in [-0.25, -0.2) is 0 Å². The summed E-state index contributed by atoms with van der Waals surface area (Å²) in [6.07, 6.45) is 0. The van der Waals surface area contributed by atoms with Gasteiger partial charge in [-0.15, -0.1) is 0 Å². The number of rotatable bonds is 0. The molecule has 0 saturated carbocycles. The van der Waals surface area contributed by atoms with E-state index in [1.54, 1.807) is 0 Å². The molecule has 9 heavy (non-hydrogen) atoms. The van der Waals surface area contributed by atoms with Gasteiger partial charge < -0.3 is 0 Å². The molecular weight excluding hydrogens is 257 g/mol. The molecule has 8 heteroatoms. The van der Waals surface area contributed by atoms with Gasteiger partial charge >= 0.3 is 38.0 Å². The second-order valence-corrected chi connectivity index (χ2v) is 2.33. The molecule has 0 unspecified atom stereocenters. The Kier molecular flexibility index (Phi) is 4.08. The summed E-state index contributed by atoms with van der Waals surface area (Å²) >= 11 is 0. The van der Waals surface area contributed by atoms with Crippen LogP contribution in [0.2, 0.25) is 0 Å². The van der Waals surface area contributed by atoms with E-state index in [1.165, 1.54) is 0 Å². The Morgan fingerprint density at radius 1 is 1.22 bits per heavy atom. The van der Waals surface area contributed by atoms with Crippen molar-refractivity contribution in [2.75, 3.05) is 0 Å². The molecule has 0 bridgehead atoms. The van der Waals surface area contributed by atoms with Crippen molar-refractivity contribution in [3.05, 3.63) is 0 Å². The summed E-state index contributed by atoms with van der Waals surface area (Å²) in [5, 5.41) is 0. The van der Waals surface area contributed by atoms with Gasteiger partial charge in [0.25, 0.3) is 0 Å².